The highest BCUT2D eigenvalue weighted by molar-refractivity contribution is 7.89. The van der Waals surface area contributed by atoms with Crippen LogP contribution in [0.3, 0.4) is 0 Å². The third-order valence-electron chi connectivity index (χ3n) is 3.17. The smallest absolute Gasteiger partial charge is 0.244 e. The number of benzene rings is 2. The number of para-hydroxylation sites is 1. The molecular formula is C15H15Cl2NO3S. The molecule has 7 heteroatoms. The molecular weight excluding hydrogens is 345 g/mol. The van der Waals surface area contributed by atoms with Crippen molar-refractivity contribution in [1.82, 2.24) is 4.31 Å². The molecule has 0 radical (unpaired) electrons. The zero-order chi connectivity index (χ0) is 16.3. The van der Waals surface area contributed by atoms with E-state index in [9.17, 15) is 8.42 Å². The Hall–Kier alpha value is -1.27. The molecule has 0 saturated carbocycles. The Labute approximate surface area is 140 Å². The summed E-state index contributed by atoms with van der Waals surface area (Å²) in [7, 11) is -0.726. The van der Waals surface area contributed by atoms with Gasteiger partial charge in [-0.15, -0.1) is 0 Å². The van der Waals surface area contributed by atoms with Crippen LogP contribution in [0, 0.1) is 0 Å². The van der Waals surface area contributed by atoms with Crippen molar-refractivity contribution >= 4 is 33.2 Å². The Morgan fingerprint density at radius 1 is 1.14 bits per heavy atom. The van der Waals surface area contributed by atoms with Gasteiger partial charge in [0.15, 0.2) is 0 Å². The molecule has 0 heterocycles. The van der Waals surface area contributed by atoms with E-state index < -0.39 is 10.0 Å². The first-order valence-corrected chi connectivity index (χ1v) is 8.59. The molecule has 0 aliphatic carbocycles. The summed E-state index contributed by atoms with van der Waals surface area (Å²) in [4.78, 5) is -0.0148. The summed E-state index contributed by atoms with van der Waals surface area (Å²) in [6.45, 7) is 0.162. The Bertz CT molecular complexity index is 778. The summed E-state index contributed by atoms with van der Waals surface area (Å²) < 4.78 is 31.8. The number of ether oxygens (including phenoxy) is 1. The predicted octanol–water partition coefficient (Wildman–Crippen LogP) is 3.82. The Morgan fingerprint density at radius 2 is 1.82 bits per heavy atom. The van der Waals surface area contributed by atoms with Crippen LogP contribution < -0.4 is 4.74 Å². The molecule has 0 N–H and O–H groups in total. The monoisotopic (exact) mass is 359 g/mol. The van der Waals surface area contributed by atoms with Crippen LogP contribution in [-0.2, 0) is 16.6 Å². The molecule has 2 aromatic carbocycles. The lowest BCUT2D eigenvalue weighted by Crippen LogP contribution is -2.27. The second-order valence-corrected chi connectivity index (χ2v) is 7.50. The van der Waals surface area contributed by atoms with Crippen molar-refractivity contribution in [2.75, 3.05) is 14.2 Å². The minimum Gasteiger partial charge on any atom is -0.496 e. The number of sulfonamides is 1. The normalized spacial score (nSPS) is 11.7. The molecule has 4 nitrogen and oxygen atoms in total. The first kappa shape index (κ1) is 17.1. The molecule has 0 aromatic heterocycles. The minimum atomic E-state index is -3.75. The SMILES string of the molecule is COc1ccccc1CN(C)S(=O)(=O)c1cc(Cl)ccc1Cl. The van der Waals surface area contributed by atoms with Crippen molar-refractivity contribution < 1.29 is 13.2 Å². The van der Waals surface area contributed by atoms with Gasteiger partial charge in [-0.25, -0.2) is 8.42 Å². The van der Waals surface area contributed by atoms with Crippen LogP contribution in [0.5, 0.6) is 5.75 Å². The third-order valence-corrected chi connectivity index (χ3v) is 5.69. The van der Waals surface area contributed by atoms with Gasteiger partial charge in [0.2, 0.25) is 10.0 Å². The lowest BCUT2D eigenvalue weighted by atomic mass is 10.2. The van der Waals surface area contributed by atoms with Crippen LogP contribution in [0.25, 0.3) is 0 Å². The fourth-order valence-electron chi connectivity index (χ4n) is 2.00. The van der Waals surface area contributed by atoms with E-state index in [2.05, 4.69) is 0 Å². The Kier molecular flexibility index (Phi) is 5.34. The van der Waals surface area contributed by atoms with E-state index in [0.29, 0.717) is 10.8 Å². The molecule has 22 heavy (non-hydrogen) atoms. The topological polar surface area (TPSA) is 46.6 Å². The van der Waals surface area contributed by atoms with Crippen molar-refractivity contribution in [3.8, 4) is 5.75 Å². The lowest BCUT2D eigenvalue weighted by Gasteiger charge is -2.19. The molecule has 0 saturated heterocycles. The van der Waals surface area contributed by atoms with Crippen LogP contribution in [0.15, 0.2) is 47.4 Å². The molecule has 0 amide bonds. The largest absolute Gasteiger partial charge is 0.496 e. The second kappa shape index (κ2) is 6.87. The van der Waals surface area contributed by atoms with E-state index in [1.807, 2.05) is 18.2 Å². The third kappa shape index (κ3) is 3.55. The average Bonchev–Trinajstić information content (AvgIpc) is 2.50. The van der Waals surface area contributed by atoms with Gasteiger partial charge in [0.05, 0.1) is 12.1 Å². The molecule has 0 fully saturated rings. The standard InChI is InChI=1S/C15H15Cl2NO3S/c1-18(10-11-5-3-4-6-14(11)21-2)22(19,20)15-9-12(16)7-8-13(15)17/h3-9H,10H2,1-2H3. The maximum atomic E-state index is 12.7. The van der Waals surface area contributed by atoms with Crippen molar-refractivity contribution in [3.05, 3.63) is 58.1 Å². The van der Waals surface area contributed by atoms with E-state index in [1.165, 1.54) is 23.5 Å². The van der Waals surface area contributed by atoms with Gasteiger partial charge in [-0.05, 0) is 24.3 Å². The van der Waals surface area contributed by atoms with Crippen molar-refractivity contribution in [3.63, 3.8) is 0 Å². The molecule has 2 aromatic rings. The molecule has 118 valence electrons. The van der Waals surface area contributed by atoms with Crippen LogP contribution in [-0.4, -0.2) is 26.9 Å². The Balaban J connectivity index is 2.35. The Morgan fingerprint density at radius 3 is 2.50 bits per heavy atom. The number of nitrogens with zero attached hydrogens (tertiary/aromatic N) is 1. The van der Waals surface area contributed by atoms with Gasteiger partial charge in [0, 0.05) is 24.2 Å². The highest BCUT2D eigenvalue weighted by atomic mass is 35.5. The quantitative estimate of drug-likeness (QED) is 0.814. The second-order valence-electron chi connectivity index (χ2n) is 4.65. The summed E-state index contributed by atoms with van der Waals surface area (Å²) in [6.07, 6.45) is 0. The molecule has 0 atom stereocenters. The first-order chi connectivity index (χ1) is 10.4. The highest BCUT2D eigenvalue weighted by Crippen LogP contribution is 2.29. The van der Waals surface area contributed by atoms with Crippen LogP contribution in [0.1, 0.15) is 5.56 Å². The summed E-state index contributed by atoms with van der Waals surface area (Å²) in [5.41, 5.74) is 0.759. The van der Waals surface area contributed by atoms with E-state index >= 15 is 0 Å². The molecule has 0 spiro atoms. The van der Waals surface area contributed by atoms with Crippen molar-refractivity contribution in [2.45, 2.75) is 11.4 Å². The number of methoxy groups -OCH3 is 1. The van der Waals surface area contributed by atoms with E-state index in [0.717, 1.165) is 5.56 Å². The van der Waals surface area contributed by atoms with Gasteiger partial charge in [-0.2, -0.15) is 4.31 Å². The summed E-state index contributed by atoms with van der Waals surface area (Å²) in [5, 5.41) is 0.449. The molecule has 0 unspecified atom stereocenters. The van der Waals surface area contributed by atoms with Crippen LogP contribution in [0.2, 0.25) is 10.0 Å². The maximum absolute atomic E-state index is 12.7. The maximum Gasteiger partial charge on any atom is 0.244 e. The summed E-state index contributed by atoms with van der Waals surface area (Å²) in [6, 6.07) is 11.6. The van der Waals surface area contributed by atoms with E-state index in [1.54, 1.807) is 19.2 Å². The minimum absolute atomic E-state index is 0.0148. The molecule has 0 aliphatic rings. The van der Waals surface area contributed by atoms with Crippen LogP contribution in [0.4, 0.5) is 0 Å². The number of hydrogen-bond donors (Lipinski definition) is 0. The highest BCUT2D eigenvalue weighted by Gasteiger charge is 2.24. The zero-order valence-electron chi connectivity index (χ0n) is 12.1. The van der Waals surface area contributed by atoms with E-state index in [4.69, 9.17) is 27.9 Å². The summed E-state index contributed by atoms with van der Waals surface area (Å²) in [5.74, 6) is 0.627. The predicted molar refractivity (Wildman–Crippen MR) is 88.1 cm³/mol. The average molecular weight is 360 g/mol. The van der Waals surface area contributed by atoms with Gasteiger partial charge in [-0.1, -0.05) is 41.4 Å². The molecule has 0 aliphatic heterocycles. The van der Waals surface area contributed by atoms with Gasteiger partial charge in [-0.3, -0.25) is 0 Å². The van der Waals surface area contributed by atoms with Gasteiger partial charge < -0.3 is 4.74 Å². The molecule has 0 bridgehead atoms. The number of hydrogen-bond acceptors (Lipinski definition) is 3. The molecule has 2 rings (SSSR count). The first-order valence-electron chi connectivity index (χ1n) is 6.39. The lowest BCUT2D eigenvalue weighted by molar-refractivity contribution is 0.398. The van der Waals surface area contributed by atoms with Crippen molar-refractivity contribution in [1.29, 1.82) is 0 Å². The van der Waals surface area contributed by atoms with Crippen molar-refractivity contribution in [2.24, 2.45) is 0 Å². The fourth-order valence-corrected chi connectivity index (χ4v) is 3.88. The summed E-state index contributed by atoms with van der Waals surface area (Å²) >= 11 is 11.9. The fraction of sp³-hybridized carbons (Fsp3) is 0.200. The van der Waals surface area contributed by atoms with Gasteiger partial charge in [0.1, 0.15) is 10.6 Å². The van der Waals surface area contributed by atoms with E-state index in [-0.39, 0.29) is 16.5 Å². The van der Waals surface area contributed by atoms with Gasteiger partial charge in [0.25, 0.3) is 0 Å². The number of halogens is 2. The number of rotatable bonds is 5. The zero-order valence-corrected chi connectivity index (χ0v) is 14.4. The van der Waals surface area contributed by atoms with Crippen LogP contribution >= 0.6 is 23.2 Å². The van der Waals surface area contributed by atoms with Gasteiger partial charge >= 0.3 is 0 Å².